The third-order valence-corrected chi connectivity index (χ3v) is 7.58. The third kappa shape index (κ3) is 6.60. The highest BCUT2D eigenvalue weighted by molar-refractivity contribution is 7.52. The quantitative estimate of drug-likeness (QED) is 0.319. The third-order valence-electron chi connectivity index (χ3n) is 5.92. The molecule has 1 aliphatic heterocycles. The highest BCUT2D eigenvalue weighted by Crippen LogP contribution is 2.48. The Morgan fingerprint density at radius 3 is 2.58 bits per heavy atom. The van der Waals surface area contributed by atoms with Crippen LogP contribution in [-0.2, 0) is 18.6 Å². The molecule has 3 rings (SSSR count). The number of aromatic nitrogens is 2. The molecule has 0 amide bonds. The van der Waals surface area contributed by atoms with Gasteiger partial charge in [-0.3, -0.25) is 18.9 Å². The van der Waals surface area contributed by atoms with E-state index >= 15 is 4.39 Å². The fourth-order valence-electron chi connectivity index (χ4n) is 3.67. The highest BCUT2D eigenvalue weighted by atomic mass is 31.2. The fraction of sp³-hybridized carbons (Fsp3) is 0.500. The van der Waals surface area contributed by atoms with Crippen LogP contribution in [0.5, 0.6) is 5.75 Å². The summed E-state index contributed by atoms with van der Waals surface area (Å²) in [5.41, 5.74) is -3.69. The molecule has 1 unspecified atom stereocenters. The first-order valence-electron chi connectivity index (χ1n) is 11.6. The summed E-state index contributed by atoms with van der Waals surface area (Å²) in [6, 6.07) is 9.36. The van der Waals surface area contributed by atoms with Crippen LogP contribution in [0.3, 0.4) is 0 Å². The van der Waals surface area contributed by atoms with Crippen molar-refractivity contribution in [3.8, 4) is 5.75 Å². The van der Waals surface area contributed by atoms with Crippen molar-refractivity contribution in [2.45, 2.75) is 57.8 Å². The van der Waals surface area contributed by atoms with Crippen LogP contribution in [0.4, 0.5) is 4.39 Å². The number of H-pyrrole nitrogens is 1. The van der Waals surface area contributed by atoms with Gasteiger partial charge < -0.3 is 14.0 Å². The first-order chi connectivity index (χ1) is 17.0. The van der Waals surface area contributed by atoms with Crippen LogP contribution in [0.25, 0.3) is 0 Å². The second-order valence-corrected chi connectivity index (χ2v) is 10.8. The predicted octanol–water partition coefficient (Wildman–Crippen LogP) is 3.57. The van der Waals surface area contributed by atoms with Gasteiger partial charge in [-0.05, 0) is 31.9 Å². The molecule has 36 heavy (non-hydrogen) atoms. The van der Waals surface area contributed by atoms with Crippen LogP contribution in [0.1, 0.15) is 33.9 Å². The standard InChI is InChI=1S/C24H33FN3O7P/c1-6-14-32-21-19(34-22(24(21,5)25)28-13-12-20(29)26-23(28)30)15-33-36(31,27-17(4)16(2)3)35-18-10-8-7-9-11-18/h6-13,16-17,19,21-22H,1,14-15H2,2-5H3,(H,27,31)(H,26,29,30)/t17-,19+,21+,22+,24+,36?/m0/s1. The first kappa shape index (κ1) is 28.0. The molecule has 0 bridgehead atoms. The van der Waals surface area contributed by atoms with Crippen LogP contribution < -0.4 is 20.9 Å². The Morgan fingerprint density at radius 1 is 1.28 bits per heavy atom. The SMILES string of the molecule is C=CCO[C@@H]1[C@@H](COP(=O)(N[C@@H](C)C(C)C)Oc2ccccc2)O[C@@H](n2ccc(=O)[nH]c2=O)[C@]1(C)F. The van der Waals surface area contributed by atoms with E-state index in [0.717, 1.165) is 16.8 Å². The van der Waals surface area contributed by atoms with Crippen molar-refractivity contribution in [1.29, 1.82) is 0 Å². The number of nitrogens with zero attached hydrogens (tertiary/aromatic N) is 1. The van der Waals surface area contributed by atoms with Gasteiger partial charge in [0.05, 0.1) is 13.2 Å². The van der Waals surface area contributed by atoms with Gasteiger partial charge in [-0.15, -0.1) is 6.58 Å². The summed E-state index contributed by atoms with van der Waals surface area (Å²) in [6.45, 7) is 10.2. The predicted molar refractivity (Wildman–Crippen MR) is 133 cm³/mol. The second kappa shape index (κ2) is 11.7. The summed E-state index contributed by atoms with van der Waals surface area (Å²) in [6.07, 6.45) is -1.14. The van der Waals surface area contributed by atoms with E-state index in [0.29, 0.717) is 5.75 Å². The molecular formula is C24H33FN3O7P. The Morgan fingerprint density at radius 2 is 1.97 bits per heavy atom. The zero-order valence-corrected chi connectivity index (χ0v) is 21.7. The number of halogens is 1. The largest absolute Gasteiger partial charge is 0.459 e. The summed E-state index contributed by atoms with van der Waals surface area (Å²) in [5.74, 6) is 0.433. The maximum Gasteiger partial charge on any atom is 0.459 e. The summed E-state index contributed by atoms with van der Waals surface area (Å²) in [5, 5.41) is 2.91. The van der Waals surface area contributed by atoms with E-state index in [9.17, 15) is 14.2 Å². The average molecular weight is 526 g/mol. The lowest BCUT2D eigenvalue weighted by Crippen LogP contribution is -2.45. The lowest BCUT2D eigenvalue weighted by Gasteiger charge is -2.29. The molecule has 10 nitrogen and oxygen atoms in total. The van der Waals surface area contributed by atoms with E-state index in [2.05, 4.69) is 16.7 Å². The molecule has 2 aromatic rings. The number of benzene rings is 1. The number of hydrogen-bond donors (Lipinski definition) is 2. The molecule has 0 aliphatic carbocycles. The molecular weight excluding hydrogens is 492 g/mol. The Labute approximate surface area is 209 Å². The van der Waals surface area contributed by atoms with Crippen molar-refractivity contribution in [3.63, 3.8) is 0 Å². The molecule has 198 valence electrons. The normalized spacial score (nSPS) is 26.4. The highest BCUT2D eigenvalue weighted by Gasteiger charge is 2.57. The van der Waals surface area contributed by atoms with Gasteiger partial charge in [-0.1, -0.05) is 38.1 Å². The number of nitrogens with one attached hydrogen (secondary N) is 2. The van der Waals surface area contributed by atoms with Crippen molar-refractivity contribution >= 4 is 7.75 Å². The zero-order chi connectivity index (χ0) is 26.5. The van der Waals surface area contributed by atoms with Crippen LogP contribution in [0.2, 0.25) is 0 Å². The van der Waals surface area contributed by atoms with E-state index < -0.39 is 43.1 Å². The fourth-order valence-corrected chi connectivity index (χ4v) is 5.39. The number of ether oxygens (including phenoxy) is 2. The molecule has 1 fully saturated rings. The maximum absolute atomic E-state index is 16.1. The van der Waals surface area contributed by atoms with Gasteiger partial charge >= 0.3 is 13.4 Å². The summed E-state index contributed by atoms with van der Waals surface area (Å²) < 4.78 is 53.7. The molecule has 12 heteroatoms. The zero-order valence-electron chi connectivity index (χ0n) is 20.8. The second-order valence-electron chi connectivity index (χ2n) is 9.10. The maximum atomic E-state index is 16.1. The first-order valence-corrected chi connectivity index (χ1v) is 13.2. The molecule has 0 saturated carbocycles. The molecule has 6 atom stereocenters. The molecule has 2 N–H and O–H groups in total. The van der Waals surface area contributed by atoms with E-state index in [1.807, 2.05) is 20.8 Å². The molecule has 1 saturated heterocycles. The number of alkyl halides is 1. The lowest BCUT2D eigenvalue weighted by atomic mass is 9.98. The van der Waals surface area contributed by atoms with Crippen molar-refractivity contribution in [2.24, 2.45) is 5.92 Å². The Balaban J connectivity index is 1.87. The number of aromatic amines is 1. The van der Waals surface area contributed by atoms with Gasteiger partial charge in [-0.25, -0.2) is 18.8 Å². The molecule has 1 aromatic carbocycles. The molecule has 1 aromatic heterocycles. The van der Waals surface area contributed by atoms with Gasteiger partial charge in [0, 0.05) is 18.3 Å². The number of hydrogen-bond acceptors (Lipinski definition) is 7. The summed E-state index contributed by atoms with van der Waals surface area (Å²) in [4.78, 5) is 25.9. The van der Waals surface area contributed by atoms with Gasteiger partial charge in [0.1, 0.15) is 18.0 Å². The minimum absolute atomic E-state index is 0.00190. The Hall–Kier alpha value is -2.56. The molecule has 0 spiro atoms. The lowest BCUT2D eigenvalue weighted by molar-refractivity contribution is -0.0594. The Kier molecular flexibility index (Phi) is 9.08. The van der Waals surface area contributed by atoms with Crippen molar-refractivity contribution in [1.82, 2.24) is 14.6 Å². The van der Waals surface area contributed by atoms with Gasteiger partial charge in [0.2, 0.25) is 0 Å². The van der Waals surface area contributed by atoms with E-state index in [4.69, 9.17) is 18.5 Å². The van der Waals surface area contributed by atoms with Crippen LogP contribution in [-0.4, -0.2) is 46.7 Å². The van der Waals surface area contributed by atoms with Gasteiger partial charge in [-0.2, -0.15) is 0 Å². The molecule has 1 aliphatic rings. The minimum Gasteiger partial charge on any atom is -0.413 e. The van der Waals surface area contributed by atoms with Gasteiger partial charge in [0.15, 0.2) is 11.9 Å². The van der Waals surface area contributed by atoms with Crippen LogP contribution in [0, 0.1) is 5.92 Å². The van der Waals surface area contributed by atoms with Crippen molar-refractivity contribution < 1.29 is 27.5 Å². The molecule has 0 radical (unpaired) electrons. The van der Waals surface area contributed by atoms with Crippen LogP contribution in [0.15, 0.2) is 64.8 Å². The Bertz CT molecular complexity index is 1180. The average Bonchev–Trinajstić information content (AvgIpc) is 3.06. The van der Waals surface area contributed by atoms with E-state index in [1.54, 1.807) is 30.3 Å². The van der Waals surface area contributed by atoms with Crippen molar-refractivity contribution in [2.75, 3.05) is 13.2 Å². The van der Waals surface area contributed by atoms with E-state index in [1.165, 1.54) is 13.0 Å². The minimum atomic E-state index is -3.95. The summed E-state index contributed by atoms with van der Waals surface area (Å²) in [7, 11) is -3.95. The molecule has 2 heterocycles. The number of rotatable bonds is 12. The van der Waals surface area contributed by atoms with Crippen molar-refractivity contribution in [3.05, 3.63) is 76.1 Å². The van der Waals surface area contributed by atoms with Crippen LogP contribution >= 0.6 is 7.75 Å². The van der Waals surface area contributed by atoms with Gasteiger partial charge in [0.25, 0.3) is 5.56 Å². The monoisotopic (exact) mass is 525 g/mol. The summed E-state index contributed by atoms with van der Waals surface area (Å²) >= 11 is 0. The van der Waals surface area contributed by atoms with E-state index in [-0.39, 0.29) is 25.2 Å². The smallest absolute Gasteiger partial charge is 0.413 e. The number of para-hydroxylation sites is 1. The topological polar surface area (TPSA) is 121 Å².